The highest BCUT2D eigenvalue weighted by Gasteiger charge is 2.41. The first-order chi connectivity index (χ1) is 15.1. The minimum absolute atomic E-state index is 0.122. The molecule has 0 radical (unpaired) electrons. The maximum absolute atomic E-state index is 9.81. The fourth-order valence-corrected chi connectivity index (χ4v) is 3.81. The predicted octanol–water partition coefficient (Wildman–Crippen LogP) is 4.22. The molecule has 8 nitrogen and oxygen atoms in total. The summed E-state index contributed by atoms with van der Waals surface area (Å²) in [7, 11) is 0. The predicted molar refractivity (Wildman–Crippen MR) is 114 cm³/mol. The van der Waals surface area contributed by atoms with Crippen LogP contribution >= 0.6 is 0 Å². The van der Waals surface area contributed by atoms with Crippen molar-refractivity contribution in [3.63, 3.8) is 0 Å². The zero-order chi connectivity index (χ0) is 22.0. The molecular weight excluding hydrogens is 396 g/mol. The highest BCUT2D eigenvalue weighted by molar-refractivity contribution is 5.87. The van der Waals surface area contributed by atoms with Crippen LogP contribution in [0.4, 0.5) is 0 Å². The van der Waals surface area contributed by atoms with Gasteiger partial charge in [0, 0.05) is 17.5 Å². The van der Waals surface area contributed by atoms with Gasteiger partial charge in [-0.05, 0) is 43.7 Å². The van der Waals surface area contributed by atoms with E-state index in [0.717, 1.165) is 11.1 Å². The van der Waals surface area contributed by atoms with Gasteiger partial charge in [-0.15, -0.1) is 5.10 Å². The van der Waals surface area contributed by atoms with Crippen molar-refractivity contribution in [2.24, 2.45) is 5.92 Å². The summed E-state index contributed by atoms with van der Waals surface area (Å²) < 4.78 is 17.0. The van der Waals surface area contributed by atoms with E-state index >= 15 is 0 Å². The van der Waals surface area contributed by atoms with Gasteiger partial charge in [-0.3, -0.25) is 10.5 Å². The number of rotatable bonds is 6. The molecular formula is C23H22N4O4. The molecule has 0 amide bonds. The molecule has 1 aromatic heterocycles. The topological polar surface area (TPSA) is 124 Å². The van der Waals surface area contributed by atoms with Crippen molar-refractivity contribution < 1.29 is 19.3 Å². The van der Waals surface area contributed by atoms with Gasteiger partial charge in [0.15, 0.2) is 0 Å². The second-order valence-corrected chi connectivity index (χ2v) is 6.98. The van der Waals surface area contributed by atoms with Gasteiger partial charge < -0.3 is 19.3 Å². The van der Waals surface area contributed by atoms with E-state index in [1.807, 2.05) is 32.0 Å². The molecule has 0 bridgehead atoms. The number of hydrogen-bond acceptors (Lipinski definition) is 7. The second kappa shape index (κ2) is 8.40. The Morgan fingerprint density at radius 1 is 1.16 bits per heavy atom. The van der Waals surface area contributed by atoms with E-state index in [4.69, 9.17) is 19.6 Å². The van der Waals surface area contributed by atoms with E-state index in [9.17, 15) is 10.4 Å². The molecule has 3 aromatic rings. The van der Waals surface area contributed by atoms with Gasteiger partial charge in [-0.2, -0.15) is 5.26 Å². The summed E-state index contributed by atoms with van der Waals surface area (Å²) in [6, 6.07) is 14.3. The molecule has 1 aliphatic heterocycles. The standard InChI is InChI=1S/C23H22N4O4/c1-3-29-15-9-10-16(18(11-15)30-4-2)21-20-19(13-5-7-14(28)8-6-13)17(12-24)22(25)31-23(20)27-26-21/h5-11,17,19,25,28H,3-4H2,1-2H3,(H,26,27). The van der Waals surface area contributed by atoms with E-state index in [0.29, 0.717) is 36.0 Å². The lowest BCUT2D eigenvalue weighted by atomic mass is 9.78. The van der Waals surface area contributed by atoms with Crippen molar-refractivity contribution in [3.8, 4) is 40.5 Å². The summed E-state index contributed by atoms with van der Waals surface area (Å²) in [4.78, 5) is 0. The number of fused-ring (bicyclic) bond motifs is 1. The number of nitriles is 1. The van der Waals surface area contributed by atoms with Crippen LogP contribution in [0.1, 0.15) is 30.9 Å². The molecule has 4 rings (SSSR count). The molecule has 158 valence electrons. The van der Waals surface area contributed by atoms with Crippen molar-refractivity contribution in [2.45, 2.75) is 19.8 Å². The van der Waals surface area contributed by atoms with Crippen molar-refractivity contribution in [1.82, 2.24) is 10.2 Å². The van der Waals surface area contributed by atoms with Crippen molar-refractivity contribution in [2.75, 3.05) is 13.2 Å². The number of nitrogens with zero attached hydrogens (tertiary/aromatic N) is 2. The number of nitrogens with one attached hydrogen (secondary N) is 2. The molecule has 0 fully saturated rings. The molecule has 0 spiro atoms. The number of hydrogen-bond donors (Lipinski definition) is 3. The zero-order valence-corrected chi connectivity index (χ0v) is 17.2. The third-order valence-electron chi connectivity index (χ3n) is 5.13. The first-order valence-electron chi connectivity index (χ1n) is 10.00. The molecule has 2 unspecified atom stereocenters. The van der Waals surface area contributed by atoms with Gasteiger partial charge in [0.2, 0.25) is 11.8 Å². The largest absolute Gasteiger partial charge is 0.508 e. The first-order valence-corrected chi connectivity index (χ1v) is 10.00. The molecule has 2 aromatic carbocycles. The Bertz CT molecular complexity index is 1150. The first kappa shape index (κ1) is 20.3. The van der Waals surface area contributed by atoms with E-state index < -0.39 is 11.8 Å². The SMILES string of the molecule is CCOc1ccc(-c2[nH]nc3c2C(c2ccc(O)cc2)C(C#N)C(=N)O3)c(OCC)c1. The monoisotopic (exact) mass is 418 g/mol. The summed E-state index contributed by atoms with van der Waals surface area (Å²) in [6.45, 7) is 4.81. The zero-order valence-electron chi connectivity index (χ0n) is 17.2. The van der Waals surface area contributed by atoms with Crippen LogP contribution in [0.25, 0.3) is 11.3 Å². The van der Waals surface area contributed by atoms with Gasteiger partial charge in [0.05, 0.1) is 30.5 Å². The lowest BCUT2D eigenvalue weighted by molar-refractivity contribution is 0.324. The molecule has 0 saturated carbocycles. The van der Waals surface area contributed by atoms with E-state index in [-0.39, 0.29) is 17.5 Å². The number of benzene rings is 2. The van der Waals surface area contributed by atoms with E-state index in [2.05, 4.69) is 16.3 Å². The molecule has 0 saturated heterocycles. The van der Waals surface area contributed by atoms with Crippen LogP contribution in [-0.4, -0.2) is 34.4 Å². The molecule has 3 N–H and O–H groups in total. The quantitative estimate of drug-likeness (QED) is 0.550. The smallest absolute Gasteiger partial charge is 0.244 e. The number of ether oxygens (including phenoxy) is 3. The average molecular weight is 418 g/mol. The second-order valence-electron chi connectivity index (χ2n) is 6.98. The van der Waals surface area contributed by atoms with Gasteiger partial charge in [-0.1, -0.05) is 12.1 Å². The fraction of sp³-hybridized carbons (Fsp3) is 0.261. The Morgan fingerprint density at radius 2 is 1.90 bits per heavy atom. The Morgan fingerprint density at radius 3 is 2.58 bits per heavy atom. The molecule has 31 heavy (non-hydrogen) atoms. The number of phenols is 1. The Labute approximate surface area is 179 Å². The Balaban J connectivity index is 1.90. The van der Waals surface area contributed by atoms with Crippen LogP contribution in [0.2, 0.25) is 0 Å². The number of H-pyrrole nitrogens is 1. The fourth-order valence-electron chi connectivity index (χ4n) is 3.81. The molecule has 0 aliphatic carbocycles. The van der Waals surface area contributed by atoms with Crippen LogP contribution in [0.5, 0.6) is 23.1 Å². The van der Waals surface area contributed by atoms with Crippen LogP contribution in [-0.2, 0) is 0 Å². The van der Waals surface area contributed by atoms with Crippen molar-refractivity contribution in [3.05, 3.63) is 53.6 Å². The number of aromatic nitrogens is 2. The summed E-state index contributed by atoms with van der Waals surface area (Å²) in [6.07, 6.45) is 0. The minimum Gasteiger partial charge on any atom is -0.508 e. The Hall–Kier alpha value is -3.99. The normalized spacial score (nSPS) is 17.4. The number of phenolic OH excluding ortho intramolecular Hbond substituents is 1. The lowest BCUT2D eigenvalue weighted by Gasteiger charge is -2.28. The molecule has 2 heterocycles. The number of aromatic hydroxyl groups is 1. The van der Waals surface area contributed by atoms with E-state index in [1.165, 1.54) is 0 Å². The van der Waals surface area contributed by atoms with Gasteiger partial charge in [-0.25, -0.2) is 0 Å². The van der Waals surface area contributed by atoms with Gasteiger partial charge in [0.1, 0.15) is 23.2 Å². The summed E-state index contributed by atoms with van der Waals surface area (Å²) >= 11 is 0. The van der Waals surface area contributed by atoms with Crippen LogP contribution in [0.15, 0.2) is 42.5 Å². The van der Waals surface area contributed by atoms with Gasteiger partial charge in [0.25, 0.3) is 0 Å². The highest BCUT2D eigenvalue weighted by Crippen LogP contribution is 2.47. The summed E-state index contributed by atoms with van der Waals surface area (Å²) in [5, 5.41) is 35.0. The van der Waals surface area contributed by atoms with Crippen LogP contribution < -0.4 is 14.2 Å². The van der Waals surface area contributed by atoms with E-state index in [1.54, 1.807) is 24.3 Å². The maximum Gasteiger partial charge on any atom is 0.244 e. The third kappa shape index (κ3) is 3.66. The third-order valence-corrected chi connectivity index (χ3v) is 5.13. The Kier molecular flexibility index (Phi) is 5.50. The molecule has 1 aliphatic rings. The van der Waals surface area contributed by atoms with Crippen molar-refractivity contribution >= 4 is 5.90 Å². The van der Waals surface area contributed by atoms with Crippen molar-refractivity contribution in [1.29, 1.82) is 10.7 Å². The van der Waals surface area contributed by atoms with Crippen LogP contribution in [0.3, 0.4) is 0 Å². The molecule has 2 atom stereocenters. The lowest BCUT2D eigenvalue weighted by Crippen LogP contribution is -2.30. The summed E-state index contributed by atoms with van der Waals surface area (Å²) in [5.41, 5.74) is 2.83. The highest BCUT2D eigenvalue weighted by atomic mass is 16.5. The van der Waals surface area contributed by atoms with Crippen LogP contribution in [0, 0.1) is 22.7 Å². The number of aromatic amines is 1. The minimum atomic E-state index is -0.841. The molecule has 8 heteroatoms. The average Bonchev–Trinajstić information content (AvgIpc) is 3.17. The van der Waals surface area contributed by atoms with Gasteiger partial charge >= 0.3 is 0 Å². The summed E-state index contributed by atoms with van der Waals surface area (Å²) in [5.74, 6) is 0.161. The maximum atomic E-state index is 9.81.